The van der Waals surface area contributed by atoms with Crippen molar-refractivity contribution in [1.82, 2.24) is 4.57 Å². The standard InChI is InChI=1S/C31H26N4O2S/c1-4-33-25-17-15-20(2)19-22(25)16-18-26(33)28-30(37)34(23-11-7-5-8-12-23)31(38-28)27-21(3)32-35(29(27)36)24-13-9-6-10-14-24/h5-19H,4H2,1-3H3/b28-26-,31-27+. The Kier molecular flexibility index (Phi) is 5.93. The summed E-state index contributed by atoms with van der Waals surface area (Å²) < 4.78 is 2.81. The first-order valence-corrected chi connectivity index (χ1v) is 13.4. The molecule has 0 bridgehead atoms. The van der Waals surface area contributed by atoms with Gasteiger partial charge in [-0.1, -0.05) is 54.1 Å². The molecule has 0 spiro atoms. The largest absolute Gasteiger partial charge is 0.340 e. The Labute approximate surface area is 224 Å². The fourth-order valence-corrected chi connectivity index (χ4v) is 6.26. The fraction of sp³-hybridized carbons (Fsp3) is 0.129. The van der Waals surface area contributed by atoms with Crippen molar-refractivity contribution in [3.63, 3.8) is 0 Å². The van der Waals surface area contributed by atoms with E-state index in [0.29, 0.717) is 38.4 Å². The van der Waals surface area contributed by atoms with Gasteiger partial charge in [-0.25, -0.2) is 0 Å². The molecule has 0 fully saturated rings. The highest BCUT2D eigenvalue weighted by Crippen LogP contribution is 2.31. The molecule has 6 nitrogen and oxygen atoms in total. The first-order valence-electron chi connectivity index (χ1n) is 12.5. The molecule has 4 aromatic rings. The van der Waals surface area contributed by atoms with Gasteiger partial charge in [0.25, 0.3) is 11.5 Å². The molecule has 0 saturated heterocycles. The number of rotatable bonds is 3. The molecule has 0 unspecified atom stereocenters. The van der Waals surface area contributed by atoms with Gasteiger partial charge in [0.1, 0.15) is 9.20 Å². The molecular weight excluding hydrogens is 492 g/mol. The van der Waals surface area contributed by atoms with Gasteiger partial charge in [-0.2, -0.15) is 10.1 Å². The van der Waals surface area contributed by atoms with E-state index in [0.717, 1.165) is 16.9 Å². The molecule has 3 aromatic carbocycles. The monoisotopic (exact) mass is 518 g/mol. The van der Waals surface area contributed by atoms with Gasteiger partial charge in [0.05, 0.1) is 28.4 Å². The fourth-order valence-electron chi connectivity index (χ4n) is 4.99. The van der Waals surface area contributed by atoms with Gasteiger partial charge in [-0.3, -0.25) is 14.2 Å². The minimum atomic E-state index is -0.247. The highest BCUT2D eigenvalue weighted by atomic mass is 32.1. The molecule has 0 saturated carbocycles. The summed E-state index contributed by atoms with van der Waals surface area (Å²) in [6.07, 6.45) is 4.07. The van der Waals surface area contributed by atoms with E-state index in [-0.39, 0.29) is 11.5 Å². The Morgan fingerprint density at radius 3 is 2.21 bits per heavy atom. The number of benzene rings is 3. The predicted molar refractivity (Wildman–Crippen MR) is 156 cm³/mol. The third-order valence-corrected chi connectivity index (χ3v) is 7.95. The number of hydrazone groups is 1. The molecule has 1 aromatic heterocycles. The Morgan fingerprint density at radius 1 is 0.842 bits per heavy atom. The molecule has 2 aliphatic heterocycles. The van der Waals surface area contributed by atoms with Gasteiger partial charge in [-0.15, -0.1) is 11.3 Å². The molecule has 0 N–H and O–H groups in total. The summed E-state index contributed by atoms with van der Waals surface area (Å²) in [5.74, 6) is -0.247. The lowest BCUT2D eigenvalue weighted by Gasteiger charge is -2.29. The van der Waals surface area contributed by atoms with E-state index in [2.05, 4.69) is 48.1 Å². The molecule has 3 heterocycles. The van der Waals surface area contributed by atoms with E-state index in [1.165, 1.54) is 21.9 Å². The molecule has 0 atom stereocenters. The zero-order valence-electron chi connectivity index (χ0n) is 21.4. The van der Waals surface area contributed by atoms with E-state index in [1.807, 2.05) is 73.7 Å². The topological polar surface area (TPSA) is 57.9 Å². The van der Waals surface area contributed by atoms with E-state index in [9.17, 15) is 9.59 Å². The van der Waals surface area contributed by atoms with Crippen molar-refractivity contribution in [3.05, 3.63) is 116 Å². The number of fused-ring (bicyclic) bond motifs is 1. The van der Waals surface area contributed by atoms with Gasteiger partial charge < -0.3 is 4.90 Å². The number of thiazole rings is 1. The van der Waals surface area contributed by atoms with Gasteiger partial charge in [0.15, 0.2) is 0 Å². The van der Waals surface area contributed by atoms with Crippen molar-refractivity contribution in [1.29, 1.82) is 0 Å². The third-order valence-electron chi connectivity index (χ3n) is 6.78. The number of amides is 1. The van der Waals surface area contributed by atoms with Gasteiger partial charge >= 0.3 is 0 Å². The van der Waals surface area contributed by atoms with Crippen LogP contribution in [0.25, 0.3) is 23.0 Å². The summed E-state index contributed by atoms with van der Waals surface area (Å²) in [5.41, 5.74) is 6.45. The smallest absolute Gasteiger partial charge is 0.283 e. The second-order valence-corrected chi connectivity index (χ2v) is 10.2. The van der Waals surface area contributed by atoms with Crippen LogP contribution in [-0.2, 0) is 4.79 Å². The van der Waals surface area contributed by atoms with Gasteiger partial charge in [0, 0.05) is 12.2 Å². The van der Waals surface area contributed by atoms with E-state index in [4.69, 9.17) is 0 Å². The molecule has 7 heteroatoms. The van der Waals surface area contributed by atoms with E-state index < -0.39 is 0 Å². The molecular formula is C31H26N4O2S. The van der Waals surface area contributed by atoms with Crippen LogP contribution in [0.1, 0.15) is 25.0 Å². The lowest BCUT2D eigenvalue weighted by molar-refractivity contribution is -0.112. The second-order valence-electron chi connectivity index (χ2n) is 9.25. The average Bonchev–Trinajstić information content (AvgIpc) is 3.43. The van der Waals surface area contributed by atoms with Crippen LogP contribution < -0.4 is 24.7 Å². The second kappa shape index (κ2) is 9.43. The Balaban J connectivity index is 1.66. The number of nitrogens with zero attached hydrogens (tertiary/aromatic N) is 4. The number of para-hydroxylation sites is 2. The molecule has 1 amide bonds. The maximum Gasteiger partial charge on any atom is 0.283 e. The number of hydrogen-bond donors (Lipinski definition) is 0. The van der Waals surface area contributed by atoms with Crippen LogP contribution in [0.15, 0.2) is 94.8 Å². The van der Waals surface area contributed by atoms with Crippen LogP contribution in [0, 0.1) is 6.92 Å². The maximum absolute atomic E-state index is 14.2. The summed E-state index contributed by atoms with van der Waals surface area (Å²) in [4.78, 5) is 30.1. The molecule has 6 rings (SSSR count). The van der Waals surface area contributed by atoms with Crippen molar-refractivity contribution in [3.8, 4) is 5.69 Å². The lowest BCUT2D eigenvalue weighted by atomic mass is 10.0. The quantitative estimate of drug-likeness (QED) is 0.403. The molecule has 0 radical (unpaired) electrons. The number of hydrogen-bond acceptors (Lipinski definition) is 5. The van der Waals surface area contributed by atoms with Crippen LogP contribution >= 0.6 is 11.3 Å². The molecule has 0 aliphatic carbocycles. The minimum Gasteiger partial charge on any atom is -0.340 e. The predicted octanol–water partition coefficient (Wildman–Crippen LogP) is 4.44. The summed E-state index contributed by atoms with van der Waals surface area (Å²) in [6, 6.07) is 25.2. The summed E-state index contributed by atoms with van der Waals surface area (Å²) in [7, 11) is 0. The highest BCUT2D eigenvalue weighted by Gasteiger charge is 2.32. The van der Waals surface area contributed by atoms with Gasteiger partial charge in [0.2, 0.25) is 0 Å². The number of carbonyl (C=O) groups is 1. The number of aromatic nitrogens is 1. The minimum absolute atomic E-state index is 0.156. The van der Waals surface area contributed by atoms with E-state index in [1.54, 1.807) is 4.57 Å². The van der Waals surface area contributed by atoms with Crippen molar-refractivity contribution < 1.29 is 4.79 Å². The van der Waals surface area contributed by atoms with Crippen LogP contribution in [0.5, 0.6) is 0 Å². The van der Waals surface area contributed by atoms with Crippen LogP contribution in [0.2, 0.25) is 0 Å². The van der Waals surface area contributed by atoms with Gasteiger partial charge in [-0.05, 0) is 68.8 Å². The Bertz CT molecular complexity index is 1820. The van der Waals surface area contributed by atoms with Crippen LogP contribution in [0.3, 0.4) is 0 Å². The molecule has 2 aliphatic rings. The molecule has 38 heavy (non-hydrogen) atoms. The summed E-state index contributed by atoms with van der Waals surface area (Å²) in [5, 5.41) is 5.99. The molecule has 188 valence electrons. The lowest BCUT2D eigenvalue weighted by Crippen LogP contribution is -2.36. The van der Waals surface area contributed by atoms with Crippen molar-refractivity contribution >= 4 is 51.7 Å². The summed E-state index contributed by atoms with van der Waals surface area (Å²) in [6.45, 7) is 6.68. The number of aryl methyl sites for hydroxylation is 1. The maximum atomic E-state index is 14.2. The number of anilines is 2. The van der Waals surface area contributed by atoms with Crippen molar-refractivity contribution in [2.24, 2.45) is 5.10 Å². The van der Waals surface area contributed by atoms with Crippen molar-refractivity contribution in [2.45, 2.75) is 20.8 Å². The first kappa shape index (κ1) is 23.9. The van der Waals surface area contributed by atoms with Crippen LogP contribution in [-0.4, -0.2) is 22.7 Å². The van der Waals surface area contributed by atoms with Crippen molar-refractivity contribution in [2.75, 3.05) is 16.5 Å². The average molecular weight is 519 g/mol. The summed E-state index contributed by atoms with van der Waals surface area (Å²) >= 11 is 1.34. The van der Waals surface area contributed by atoms with Crippen LogP contribution in [0.4, 0.5) is 11.4 Å². The zero-order chi connectivity index (χ0) is 26.4. The normalized spacial score (nSPS) is 17.7. The SMILES string of the molecule is CCN1/C(=c2\s/c(=C3/C(=O)N(c4ccccc4)N=C3C)n(-c3ccccc3)c2=O)C=Cc2cc(C)ccc21. The van der Waals surface area contributed by atoms with E-state index >= 15 is 0 Å². The number of likely N-dealkylation sites (N-methyl/N-ethyl adjacent to an activating group) is 1. The first-order chi connectivity index (χ1) is 18.5. The highest BCUT2D eigenvalue weighted by molar-refractivity contribution is 7.08. The number of carbonyl (C=O) groups excluding carboxylic acids is 1. The Hall–Kier alpha value is -4.49. The zero-order valence-corrected chi connectivity index (χ0v) is 22.2. The third kappa shape index (κ3) is 3.83. The Morgan fingerprint density at radius 2 is 1.53 bits per heavy atom.